The summed E-state index contributed by atoms with van der Waals surface area (Å²) in [7, 11) is 0. The molecule has 0 spiro atoms. The SMILES string of the molecule is CCN(CC)Cc1nc(N[C@@H](c2ccccc2)c2ccccn2)c2c(C)c(C)sc2n1. The highest BCUT2D eigenvalue weighted by Crippen LogP contribution is 2.36. The van der Waals surface area contributed by atoms with Gasteiger partial charge in [-0.15, -0.1) is 11.3 Å². The monoisotopic (exact) mass is 431 g/mol. The fourth-order valence-electron chi connectivity index (χ4n) is 3.77. The number of anilines is 1. The van der Waals surface area contributed by atoms with Crippen molar-refractivity contribution in [2.45, 2.75) is 40.3 Å². The average Bonchev–Trinajstić information content (AvgIpc) is 3.10. The minimum absolute atomic E-state index is 0.0959. The first kappa shape index (κ1) is 21.4. The molecule has 0 unspecified atom stereocenters. The zero-order valence-electron chi connectivity index (χ0n) is 18.6. The summed E-state index contributed by atoms with van der Waals surface area (Å²) in [6.45, 7) is 11.4. The molecular weight excluding hydrogens is 402 g/mol. The number of hydrogen-bond acceptors (Lipinski definition) is 6. The van der Waals surface area contributed by atoms with Crippen molar-refractivity contribution in [1.82, 2.24) is 19.9 Å². The summed E-state index contributed by atoms with van der Waals surface area (Å²) in [6.07, 6.45) is 1.84. The lowest BCUT2D eigenvalue weighted by molar-refractivity contribution is 0.289. The van der Waals surface area contributed by atoms with Gasteiger partial charge in [-0.2, -0.15) is 0 Å². The third-order valence-electron chi connectivity index (χ3n) is 5.73. The Kier molecular flexibility index (Phi) is 6.59. The van der Waals surface area contributed by atoms with E-state index in [4.69, 9.17) is 9.97 Å². The second-order valence-corrected chi connectivity index (χ2v) is 8.86. The number of aryl methyl sites for hydroxylation is 2. The van der Waals surface area contributed by atoms with Gasteiger partial charge in [-0.1, -0.05) is 50.2 Å². The van der Waals surface area contributed by atoms with E-state index >= 15 is 0 Å². The molecule has 1 aromatic carbocycles. The van der Waals surface area contributed by atoms with E-state index in [1.165, 1.54) is 10.4 Å². The van der Waals surface area contributed by atoms with Crippen molar-refractivity contribution in [3.05, 3.63) is 82.3 Å². The summed E-state index contributed by atoms with van der Waals surface area (Å²) in [4.78, 5) is 19.2. The van der Waals surface area contributed by atoms with Crippen LogP contribution in [0.15, 0.2) is 54.7 Å². The van der Waals surface area contributed by atoms with E-state index in [0.29, 0.717) is 0 Å². The smallest absolute Gasteiger partial charge is 0.146 e. The number of rotatable bonds is 8. The van der Waals surface area contributed by atoms with Crippen molar-refractivity contribution in [2.24, 2.45) is 0 Å². The highest BCUT2D eigenvalue weighted by molar-refractivity contribution is 7.18. The Morgan fingerprint density at radius 3 is 2.39 bits per heavy atom. The maximum Gasteiger partial charge on any atom is 0.146 e. The van der Waals surface area contributed by atoms with E-state index in [9.17, 15) is 0 Å². The Balaban J connectivity index is 1.82. The lowest BCUT2D eigenvalue weighted by atomic mass is 10.0. The molecule has 4 aromatic rings. The van der Waals surface area contributed by atoms with E-state index in [0.717, 1.165) is 52.8 Å². The standard InChI is InChI=1S/C25H29N5S/c1-5-30(6-2)16-21-27-24(22-17(3)18(4)31-25(22)28-21)29-23(19-12-8-7-9-13-19)20-14-10-11-15-26-20/h7-15,23H,5-6,16H2,1-4H3,(H,27,28,29)/t23-/m0/s1. The number of hydrogen-bond donors (Lipinski definition) is 1. The topological polar surface area (TPSA) is 53.9 Å². The van der Waals surface area contributed by atoms with Crippen molar-refractivity contribution in [2.75, 3.05) is 18.4 Å². The molecular formula is C25H29N5S. The van der Waals surface area contributed by atoms with E-state index in [-0.39, 0.29) is 6.04 Å². The van der Waals surface area contributed by atoms with E-state index in [2.05, 4.69) is 73.2 Å². The number of aromatic nitrogens is 3. The summed E-state index contributed by atoms with van der Waals surface area (Å²) in [5.41, 5.74) is 3.36. The fraction of sp³-hybridized carbons (Fsp3) is 0.320. The second kappa shape index (κ2) is 9.54. The first-order valence-corrected chi connectivity index (χ1v) is 11.6. The molecule has 0 saturated carbocycles. The van der Waals surface area contributed by atoms with Gasteiger partial charge in [0.05, 0.1) is 23.7 Å². The highest BCUT2D eigenvalue weighted by Gasteiger charge is 2.21. The molecule has 5 nitrogen and oxygen atoms in total. The van der Waals surface area contributed by atoms with Crippen LogP contribution in [0.2, 0.25) is 0 Å². The molecule has 6 heteroatoms. The predicted octanol–water partition coefficient (Wildman–Crippen LogP) is 5.75. The molecule has 4 rings (SSSR count). The Morgan fingerprint density at radius 1 is 0.968 bits per heavy atom. The number of benzene rings is 1. The molecule has 31 heavy (non-hydrogen) atoms. The van der Waals surface area contributed by atoms with Gasteiger partial charge in [0.1, 0.15) is 16.5 Å². The molecule has 3 aromatic heterocycles. The van der Waals surface area contributed by atoms with Crippen LogP contribution in [0.1, 0.15) is 47.4 Å². The number of fused-ring (bicyclic) bond motifs is 1. The number of nitrogens with one attached hydrogen (secondary N) is 1. The van der Waals surface area contributed by atoms with Gasteiger partial charge in [0.25, 0.3) is 0 Å². The Morgan fingerprint density at radius 2 is 1.71 bits per heavy atom. The normalized spacial score (nSPS) is 12.4. The zero-order chi connectivity index (χ0) is 21.8. The molecule has 0 fully saturated rings. The van der Waals surface area contributed by atoms with Gasteiger partial charge < -0.3 is 5.32 Å². The molecule has 0 aliphatic carbocycles. The lowest BCUT2D eigenvalue weighted by Crippen LogP contribution is -2.24. The molecule has 3 heterocycles. The molecule has 0 aliphatic heterocycles. The summed E-state index contributed by atoms with van der Waals surface area (Å²) >= 11 is 1.74. The summed E-state index contributed by atoms with van der Waals surface area (Å²) in [5, 5.41) is 4.85. The number of nitrogens with zero attached hydrogens (tertiary/aromatic N) is 4. The maximum atomic E-state index is 5.02. The van der Waals surface area contributed by atoms with Gasteiger partial charge in [0, 0.05) is 11.1 Å². The molecule has 1 N–H and O–H groups in total. The zero-order valence-corrected chi connectivity index (χ0v) is 19.4. The highest BCUT2D eigenvalue weighted by atomic mass is 32.1. The molecule has 0 saturated heterocycles. The third kappa shape index (κ3) is 4.60. The van der Waals surface area contributed by atoms with Crippen LogP contribution in [0.3, 0.4) is 0 Å². The first-order chi connectivity index (χ1) is 15.1. The maximum absolute atomic E-state index is 5.02. The van der Waals surface area contributed by atoms with E-state index in [1.54, 1.807) is 11.3 Å². The minimum atomic E-state index is -0.0959. The summed E-state index contributed by atoms with van der Waals surface area (Å²) < 4.78 is 0. The van der Waals surface area contributed by atoms with Crippen LogP contribution in [-0.4, -0.2) is 32.9 Å². The van der Waals surface area contributed by atoms with Crippen molar-refractivity contribution in [3.63, 3.8) is 0 Å². The molecule has 160 valence electrons. The van der Waals surface area contributed by atoms with Crippen molar-refractivity contribution in [1.29, 1.82) is 0 Å². The van der Waals surface area contributed by atoms with Gasteiger partial charge in [0.15, 0.2) is 0 Å². The Bertz CT molecular complexity index is 1100. The van der Waals surface area contributed by atoms with Crippen LogP contribution >= 0.6 is 11.3 Å². The van der Waals surface area contributed by atoms with Gasteiger partial charge in [-0.05, 0) is 50.2 Å². The van der Waals surface area contributed by atoms with Crippen molar-refractivity contribution >= 4 is 27.4 Å². The third-order valence-corrected chi connectivity index (χ3v) is 6.83. The first-order valence-electron chi connectivity index (χ1n) is 10.8. The number of thiophene rings is 1. The fourth-order valence-corrected chi connectivity index (χ4v) is 4.82. The van der Waals surface area contributed by atoms with Gasteiger partial charge in [0.2, 0.25) is 0 Å². The van der Waals surface area contributed by atoms with Crippen LogP contribution in [0.5, 0.6) is 0 Å². The summed E-state index contributed by atoms with van der Waals surface area (Å²) in [6, 6.07) is 16.4. The van der Waals surface area contributed by atoms with Crippen molar-refractivity contribution in [3.8, 4) is 0 Å². The Labute approximate surface area is 188 Å². The van der Waals surface area contributed by atoms with Crippen LogP contribution in [0, 0.1) is 13.8 Å². The largest absolute Gasteiger partial charge is 0.357 e. The van der Waals surface area contributed by atoms with Gasteiger partial charge >= 0.3 is 0 Å². The Hall–Kier alpha value is -2.83. The number of pyridine rings is 1. The molecule has 0 amide bonds. The van der Waals surface area contributed by atoms with Crippen molar-refractivity contribution < 1.29 is 0 Å². The van der Waals surface area contributed by atoms with Crippen LogP contribution in [-0.2, 0) is 6.54 Å². The lowest BCUT2D eigenvalue weighted by Gasteiger charge is -2.22. The minimum Gasteiger partial charge on any atom is -0.357 e. The molecule has 0 bridgehead atoms. The molecule has 1 atom stereocenters. The van der Waals surface area contributed by atoms with Gasteiger partial charge in [-0.25, -0.2) is 9.97 Å². The predicted molar refractivity (Wildman–Crippen MR) is 130 cm³/mol. The van der Waals surface area contributed by atoms with E-state index in [1.807, 2.05) is 24.4 Å². The quantitative estimate of drug-likeness (QED) is 0.385. The van der Waals surface area contributed by atoms with Crippen LogP contribution < -0.4 is 5.32 Å². The molecule has 0 aliphatic rings. The van der Waals surface area contributed by atoms with Gasteiger partial charge in [-0.3, -0.25) is 9.88 Å². The second-order valence-electron chi connectivity index (χ2n) is 7.66. The van der Waals surface area contributed by atoms with Crippen LogP contribution in [0.4, 0.5) is 5.82 Å². The average molecular weight is 432 g/mol. The summed E-state index contributed by atoms with van der Waals surface area (Å²) in [5.74, 6) is 1.74. The van der Waals surface area contributed by atoms with E-state index < -0.39 is 0 Å². The van der Waals surface area contributed by atoms with Crippen LogP contribution in [0.25, 0.3) is 10.2 Å². The molecule has 0 radical (unpaired) electrons.